The summed E-state index contributed by atoms with van der Waals surface area (Å²) < 4.78 is 0. The molecular formula is C12H17N5O3. The van der Waals surface area contributed by atoms with Gasteiger partial charge in [0.2, 0.25) is 5.91 Å². The zero-order chi connectivity index (χ0) is 14.7. The lowest BCUT2D eigenvalue weighted by Gasteiger charge is -2.37. The van der Waals surface area contributed by atoms with E-state index in [1.54, 1.807) is 14.1 Å². The van der Waals surface area contributed by atoms with Crippen LogP contribution >= 0.6 is 0 Å². The fourth-order valence-corrected chi connectivity index (χ4v) is 2.18. The van der Waals surface area contributed by atoms with Crippen molar-refractivity contribution < 1.29 is 9.72 Å². The molecule has 8 nitrogen and oxygen atoms in total. The summed E-state index contributed by atoms with van der Waals surface area (Å²) >= 11 is 0. The number of piperazine rings is 1. The fourth-order valence-electron chi connectivity index (χ4n) is 2.18. The molecule has 0 radical (unpaired) electrons. The van der Waals surface area contributed by atoms with Crippen LogP contribution < -0.4 is 10.2 Å². The van der Waals surface area contributed by atoms with E-state index in [2.05, 4.69) is 10.3 Å². The summed E-state index contributed by atoms with van der Waals surface area (Å²) in [6.07, 6.45) is 1.40. The molecule has 108 valence electrons. The number of nitro groups is 1. The van der Waals surface area contributed by atoms with Crippen LogP contribution in [0.3, 0.4) is 0 Å². The van der Waals surface area contributed by atoms with Crippen molar-refractivity contribution in [2.24, 2.45) is 0 Å². The quantitative estimate of drug-likeness (QED) is 0.611. The summed E-state index contributed by atoms with van der Waals surface area (Å²) in [6, 6.07) is 2.35. The number of carbonyl (C=O) groups is 1. The molecule has 1 saturated heterocycles. The van der Waals surface area contributed by atoms with Crippen molar-refractivity contribution in [2.75, 3.05) is 38.6 Å². The minimum Gasteiger partial charge on any atom is -0.347 e. The summed E-state index contributed by atoms with van der Waals surface area (Å²) in [7, 11) is 3.38. The maximum absolute atomic E-state index is 12.2. The number of carbonyl (C=O) groups excluding carboxylic acids is 1. The van der Waals surface area contributed by atoms with E-state index in [-0.39, 0.29) is 11.6 Å². The Balaban J connectivity index is 2.30. The van der Waals surface area contributed by atoms with E-state index < -0.39 is 11.0 Å². The molecule has 1 N–H and O–H groups in total. The zero-order valence-electron chi connectivity index (χ0n) is 11.4. The van der Waals surface area contributed by atoms with E-state index in [4.69, 9.17) is 0 Å². The van der Waals surface area contributed by atoms with Gasteiger partial charge in [-0.15, -0.1) is 0 Å². The first-order valence-corrected chi connectivity index (χ1v) is 6.29. The number of hydrogen-bond donors (Lipinski definition) is 1. The smallest absolute Gasteiger partial charge is 0.274 e. The van der Waals surface area contributed by atoms with Crippen LogP contribution in [0.1, 0.15) is 0 Å². The van der Waals surface area contributed by atoms with E-state index in [1.807, 2.05) is 4.90 Å². The van der Waals surface area contributed by atoms with Gasteiger partial charge < -0.3 is 15.1 Å². The Bertz CT molecular complexity index is 520. The molecule has 8 heteroatoms. The molecule has 1 unspecified atom stereocenters. The second-order valence-electron chi connectivity index (χ2n) is 4.78. The van der Waals surface area contributed by atoms with Gasteiger partial charge in [0.1, 0.15) is 11.9 Å². The summed E-state index contributed by atoms with van der Waals surface area (Å²) in [5, 5.41) is 14.0. The van der Waals surface area contributed by atoms with Crippen molar-refractivity contribution in [3.05, 3.63) is 28.4 Å². The molecule has 1 aromatic heterocycles. The van der Waals surface area contributed by atoms with E-state index in [0.29, 0.717) is 25.5 Å². The molecular weight excluding hydrogens is 262 g/mol. The molecule has 0 saturated carbocycles. The lowest BCUT2D eigenvalue weighted by Crippen LogP contribution is -2.58. The van der Waals surface area contributed by atoms with Gasteiger partial charge >= 0.3 is 0 Å². The van der Waals surface area contributed by atoms with E-state index in [1.165, 1.54) is 23.2 Å². The van der Waals surface area contributed by atoms with Crippen LogP contribution in [0.15, 0.2) is 18.3 Å². The molecule has 1 aromatic rings. The highest BCUT2D eigenvalue weighted by Crippen LogP contribution is 2.21. The third kappa shape index (κ3) is 2.85. The molecule has 0 aliphatic carbocycles. The van der Waals surface area contributed by atoms with Crippen molar-refractivity contribution in [2.45, 2.75) is 6.04 Å². The summed E-state index contributed by atoms with van der Waals surface area (Å²) in [5.41, 5.74) is -0.0235. The highest BCUT2D eigenvalue weighted by atomic mass is 16.6. The average molecular weight is 279 g/mol. The molecule has 2 rings (SSSR count). The standard InChI is InChI=1S/C12H17N5O3/c1-15(2)12(18)10-8-13-5-6-16(10)11-7-9(17(19)20)3-4-14-11/h3-4,7,10,13H,5-6,8H2,1-2H3. The lowest BCUT2D eigenvalue weighted by atomic mass is 10.1. The lowest BCUT2D eigenvalue weighted by molar-refractivity contribution is -0.384. The minimum absolute atomic E-state index is 0.0235. The van der Waals surface area contributed by atoms with Gasteiger partial charge in [0.25, 0.3) is 5.69 Å². The van der Waals surface area contributed by atoms with Crippen molar-refractivity contribution >= 4 is 17.4 Å². The van der Waals surface area contributed by atoms with Crippen LogP contribution in [0, 0.1) is 10.1 Å². The van der Waals surface area contributed by atoms with Crippen molar-refractivity contribution in [1.82, 2.24) is 15.2 Å². The number of likely N-dealkylation sites (N-methyl/N-ethyl adjacent to an activating group) is 1. The van der Waals surface area contributed by atoms with Gasteiger partial charge in [-0.3, -0.25) is 14.9 Å². The van der Waals surface area contributed by atoms with Gasteiger partial charge in [-0.05, 0) is 0 Å². The summed E-state index contributed by atoms with van der Waals surface area (Å²) in [4.78, 5) is 30.0. The van der Waals surface area contributed by atoms with Gasteiger partial charge in [0.15, 0.2) is 0 Å². The first kappa shape index (κ1) is 14.2. The van der Waals surface area contributed by atoms with Crippen LogP contribution in [-0.4, -0.2) is 60.5 Å². The average Bonchev–Trinajstić information content (AvgIpc) is 2.46. The Morgan fingerprint density at radius 1 is 1.60 bits per heavy atom. The molecule has 1 atom stereocenters. The Hall–Kier alpha value is -2.22. The zero-order valence-corrected chi connectivity index (χ0v) is 11.4. The summed E-state index contributed by atoms with van der Waals surface area (Å²) in [6.45, 7) is 1.79. The number of hydrogen-bond acceptors (Lipinski definition) is 6. The van der Waals surface area contributed by atoms with Crippen molar-refractivity contribution in [3.63, 3.8) is 0 Å². The fraction of sp³-hybridized carbons (Fsp3) is 0.500. The normalized spacial score (nSPS) is 18.7. The van der Waals surface area contributed by atoms with Crippen LogP contribution in [0.25, 0.3) is 0 Å². The first-order valence-electron chi connectivity index (χ1n) is 6.29. The second-order valence-corrected chi connectivity index (χ2v) is 4.78. The van der Waals surface area contributed by atoms with Gasteiger partial charge in [-0.2, -0.15) is 0 Å². The first-order chi connectivity index (χ1) is 9.50. The third-order valence-corrected chi connectivity index (χ3v) is 3.20. The number of aromatic nitrogens is 1. The van der Waals surface area contributed by atoms with E-state index >= 15 is 0 Å². The molecule has 1 fully saturated rings. The second kappa shape index (κ2) is 5.83. The highest BCUT2D eigenvalue weighted by Gasteiger charge is 2.31. The van der Waals surface area contributed by atoms with Crippen LogP contribution in [0.2, 0.25) is 0 Å². The van der Waals surface area contributed by atoms with Gasteiger partial charge in [0, 0.05) is 46.0 Å². The Morgan fingerprint density at radius 3 is 3.00 bits per heavy atom. The predicted molar refractivity (Wildman–Crippen MR) is 73.6 cm³/mol. The maximum Gasteiger partial charge on any atom is 0.274 e. The third-order valence-electron chi connectivity index (χ3n) is 3.20. The van der Waals surface area contributed by atoms with Crippen LogP contribution in [0.4, 0.5) is 11.5 Å². The highest BCUT2D eigenvalue weighted by molar-refractivity contribution is 5.85. The van der Waals surface area contributed by atoms with Gasteiger partial charge in [-0.1, -0.05) is 0 Å². The van der Waals surface area contributed by atoms with Gasteiger partial charge in [0.05, 0.1) is 11.0 Å². The molecule has 1 aliphatic heterocycles. The maximum atomic E-state index is 12.2. The van der Waals surface area contributed by atoms with Crippen molar-refractivity contribution in [3.8, 4) is 0 Å². The molecule has 0 spiro atoms. The SMILES string of the molecule is CN(C)C(=O)C1CNCCN1c1cc([N+](=O)[O-])ccn1. The number of pyridine rings is 1. The van der Waals surface area contributed by atoms with Crippen LogP contribution in [0.5, 0.6) is 0 Å². The summed E-state index contributed by atoms with van der Waals surface area (Å²) in [5.74, 6) is 0.409. The van der Waals surface area contributed by atoms with E-state index in [9.17, 15) is 14.9 Å². The topological polar surface area (TPSA) is 91.6 Å². The number of nitrogens with one attached hydrogen (secondary N) is 1. The molecule has 0 aromatic carbocycles. The van der Waals surface area contributed by atoms with Crippen LogP contribution in [-0.2, 0) is 4.79 Å². The molecule has 1 amide bonds. The Kier molecular flexibility index (Phi) is 4.14. The number of anilines is 1. The number of nitrogens with zero attached hydrogens (tertiary/aromatic N) is 4. The molecule has 20 heavy (non-hydrogen) atoms. The van der Waals surface area contributed by atoms with E-state index in [0.717, 1.165) is 0 Å². The number of rotatable bonds is 3. The number of amides is 1. The van der Waals surface area contributed by atoms with Crippen molar-refractivity contribution in [1.29, 1.82) is 0 Å². The Morgan fingerprint density at radius 2 is 2.35 bits per heavy atom. The monoisotopic (exact) mass is 279 g/mol. The van der Waals surface area contributed by atoms with Gasteiger partial charge in [-0.25, -0.2) is 4.98 Å². The molecule has 1 aliphatic rings. The Labute approximate surface area is 116 Å². The predicted octanol–water partition coefficient (Wildman–Crippen LogP) is -0.144. The molecule has 2 heterocycles. The largest absolute Gasteiger partial charge is 0.347 e. The minimum atomic E-state index is -0.462. The molecule has 0 bridgehead atoms.